The molecule has 0 aromatic heterocycles. The van der Waals surface area contributed by atoms with Gasteiger partial charge in [0, 0.05) is 5.39 Å². The number of hydrogen-bond acceptors (Lipinski definition) is 0. The molecule has 2 aromatic rings. The van der Waals surface area contributed by atoms with Crippen molar-refractivity contribution >= 4 is 10.8 Å². The van der Waals surface area contributed by atoms with Crippen LogP contribution in [0.5, 0.6) is 0 Å². The highest BCUT2D eigenvalue weighted by atomic mass is 19.2. The van der Waals surface area contributed by atoms with Crippen molar-refractivity contribution in [1.82, 2.24) is 0 Å². The van der Waals surface area contributed by atoms with E-state index in [4.69, 9.17) is 6.42 Å². The summed E-state index contributed by atoms with van der Waals surface area (Å²) in [7, 11) is 0. The van der Waals surface area contributed by atoms with E-state index in [1.165, 1.54) is 6.07 Å². The van der Waals surface area contributed by atoms with Gasteiger partial charge in [-0.15, -0.1) is 6.42 Å². The second kappa shape index (κ2) is 6.16. The topological polar surface area (TPSA) is 0 Å². The fraction of sp³-hybridized carbons (Fsp3) is 0.250. The molecule has 0 aliphatic carbocycles. The van der Waals surface area contributed by atoms with Gasteiger partial charge in [0.1, 0.15) is 0 Å². The SMILES string of the molecule is C#Cc1c(F)c(F)cc2cccc(CC)c12.CC. The molecule has 2 rings (SSSR count). The van der Waals surface area contributed by atoms with Gasteiger partial charge in [0.05, 0.1) is 5.56 Å². The molecule has 0 saturated heterocycles. The zero-order valence-corrected chi connectivity index (χ0v) is 10.8. The van der Waals surface area contributed by atoms with Gasteiger partial charge in [0.2, 0.25) is 0 Å². The molecule has 0 spiro atoms. The largest absolute Gasteiger partial charge is 0.204 e. The smallest absolute Gasteiger partial charge is 0.175 e. The molecule has 0 aliphatic rings. The van der Waals surface area contributed by atoms with Crippen molar-refractivity contribution in [2.75, 3.05) is 0 Å². The fourth-order valence-electron chi connectivity index (χ4n) is 1.90. The minimum atomic E-state index is -0.934. The second-order valence-corrected chi connectivity index (χ2v) is 3.56. The monoisotopic (exact) mass is 246 g/mol. The van der Waals surface area contributed by atoms with Gasteiger partial charge < -0.3 is 0 Å². The normalized spacial score (nSPS) is 9.56. The lowest BCUT2D eigenvalue weighted by atomic mass is 9.97. The number of benzene rings is 2. The number of hydrogen-bond donors (Lipinski definition) is 0. The van der Waals surface area contributed by atoms with E-state index in [1.807, 2.05) is 32.9 Å². The van der Waals surface area contributed by atoms with Crippen molar-refractivity contribution in [2.45, 2.75) is 27.2 Å². The predicted molar refractivity (Wildman–Crippen MR) is 72.5 cm³/mol. The Hall–Kier alpha value is -1.88. The Morgan fingerprint density at radius 2 is 1.89 bits per heavy atom. The minimum absolute atomic E-state index is 0.0208. The standard InChI is InChI=1S/C14H10F2.C2H6/c1-3-9-6-5-7-10-8-12(15)14(16)11(4-2)13(9)10;1-2/h2,5-8H,3H2,1H3;1-2H3. The molecular weight excluding hydrogens is 230 g/mol. The highest BCUT2D eigenvalue weighted by molar-refractivity contribution is 5.91. The Kier molecular flexibility index (Phi) is 4.85. The van der Waals surface area contributed by atoms with Crippen molar-refractivity contribution < 1.29 is 8.78 Å². The first-order valence-electron chi connectivity index (χ1n) is 6.05. The van der Waals surface area contributed by atoms with Gasteiger partial charge in [-0.3, -0.25) is 0 Å². The van der Waals surface area contributed by atoms with Crippen LogP contribution in [0.3, 0.4) is 0 Å². The molecule has 94 valence electrons. The van der Waals surface area contributed by atoms with E-state index >= 15 is 0 Å². The molecular formula is C16H16F2. The van der Waals surface area contributed by atoms with Crippen molar-refractivity contribution in [3.63, 3.8) is 0 Å². The highest BCUT2D eigenvalue weighted by Crippen LogP contribution is 2.27. The maximum atomic E-state index is 13.5. The molecule has 2 heteroatoms. The highest BCUT2D eigenvalue weighted by Gasteiger charge is 2.13. The molecule has 0 saturated carbocycles. The van der Waals surface area contributed by atoms with Gasteiger partial charge in [-0.05, 0) is 23.4 Å². The van der Waals surface area contributed by atoms with Crippen LogP contribution in [0.25, 0.3) is 10.8 Å². The number of fused-ring (bicyclic) bond motifs is 1. The Bertz CT molecular complexity index is 592. The fourth-order valence-corrected chi connectivity index (χ4v) is 1.90. The minimum Gasteiger partial charge on any atom is -0.204 e. The lowest BCUT2D eigenvalue weighted by molar-refractivity contribution is 0.509. The molecule has 0 aliphatic heterocycles. The molecule has 0 bridgehead atoms. The Balaban J connectivity index is 0.000000771. The zero-order valence-electron chi connectivity index (χ0n) is 10.8. The second-order valence-electron chi connectivity index (χ2n) is 3.56. The molecule has 0 radical (unpaired) electrons. The summed E-state index contributed by atoms with van der Waals surface area (Å²) in [4.78, 5) is 0. The van der Waals surface area contributed by atoms with Gasteiger partial charge in [0.15, 0.2) is 11.6 Å². The van der Waals surface area contributed by atoms with Crippen molar-refractivity contribution in [3.8, 4) is 12.3 Å². The predicted octanol–water partition coefficient (Wildman–Crippen LogP) is 4.69. The first-order valence-corrected chi connectivity index (χ1v) is 6.05. The summed E-state index contributed by atoms with van der Waals surface area (Å²) in [6, 6.07) is 6.61. The summed E-state index contributed by atoms with van der Waals surface area (Å²) in [6.07, 6.45) is 5.99. The van der Waals surface area contributed by atoms with Crippen molar-refractivity contribution in [3.05, 3.63) is 47.0 Å². The maximum Gasteiger partial charge on any atom is 0.175 e. The Morgan fingerprint density at radius 3 is 2.44 bits per heavy atom. The van der Waals surface area contributed by atoms with Gasteiger partial charge in [-0.2, -0.15) is 0 Å². The van der Waals surface area contributed by atoms with Crippen LogP contribution in [0.2, 0.25) is 0 Å². The molecule has 0 fully saturated rings. The van der Waals surface area contributed by atoms with E-state index in [9.17, 15) is 8.78 Å². The number of aryl methyl sites for hydroxylation is 1. The molecule has 0 N–H and O–H groups in total. The first-order chi connectivity index (χ1) is 8.69. The Labute approximate surface area is 107 Å². The van der Waals surface area contributed by atoms with E-state index in [0.717, 1.165) is 12.0 Å². The molecule has 0 unspecified atom stereocenters. The summed E-state index contributed by atoms with van der Waals surface area (Å²) >= 11 is 0. The summed E-state index contributed by atoms with van der Waals surface area (Å²) in [5.41, 5.74) is 0.955. The van der Waals surface area contributed by atoms with E-state index in [0.29, 0.717) is 10.8 Å². The van der Waals surface area contributed by atoms with Crippen molar-refractivity contribution in [1.29, 1.82) is 0 Å². The summed E-state index contributed by atoms with van der Waals surface area (Å²) in [5, 5.41) is 1.29. The van der Waals surface area contributed by atoms with E-state index in [2.05, 4.69) is 5.92 Å². The lowest BCUT2D eigenvalue weighted by Gasteiger charge is -2.08. The van der Waals surface area contributed by atoms with Crippen LogP contribution in [-0.4, -0.2) is 0 Å². The molecule has 18 heavy (non-hydrogen) atoms. The third-order valence-electron chi connectivity index (χ3n) is 2.67. The van der Waals surface area contributed by atoms with Crippen LogP contribution in [0, 0.1) is 24.0 Å². The summed E-state index contributed by atoms with van der Waals surface area (Å²) < 4.78 is 26.8. The average molecular weight is 246 g/mol. The van der Waals surface area contributed by atoms with Gasteiger partial charge in [-0.25, -0.2) is 8.78 Å². The van der Waals surface area contributed by atoms with E-state index < -0.39 is 11.6 Å². The quantitative estimate of drug-likeness (QED) is 0.640. The molecule has 0 nitrogen and oxygen atoms in total. The Morgan fingerprint density at radius 1 is 1.22 bits per heavy atom. The van der Waals surface area contributed by atoms with Crippen LogP contribution >= 0.6 is 0 Å². The van der Waals surface area contributed by atoms with Crippen LogP contribution in [0.15, 0.2) is 24.3 Å². The van der Waals surface area contributed by atoms with Gasteiger partial charge in [-0.1, -0.05) is 44.9 Å². The van der Waals surface area contributed by atoms with Gasteiger partial charge >= 0.3 is 0 Å². The van der Waals surface area contributed by atoms with E-state index in [-0.39, 0.29) is 5.56 Å². The number of rotatable bonds is 1. The van der Waals surface area contributed by atoms with Crippen LogP contribution in [-0.2, 0) is 6.42 Å². The number of halogens is 2. The summed E-state index contributed by atoms with van der Waals surface area (Å²) in [6.45, 7) is 5.95. The maximum absolute atomic E-state index is 13.5. The molecule has 0 atom stereocenters. The molecule has 2 aromatic carbocycles. The van der Waals surface area contributed by atoms with Crippen LogP contribution in [0.1, 0.15) is 31.9 Å². The van der Waals surface area contributed by atoms with Crippen molar-refractivity contribution in [2.24, 2.45) is 0 Å². The third kappa shape index (κ3) is 2.36. The first kappa shape index (κ1) is 14.2. The molecule has 0 amide bonds. The molecule has 0 heterocycles. The summed E-state index contributed by atoms with van der Waals surface area (Å²) in [5.74, 6) is 0.410. The van der Waals surface area contributed by atoms with E-state index in [1.54, 1.807) is 6.07 Å². The van der Waals surface area contributed by atoms with Crippen LogP contribution in [0.4, 0.5) is 8.78 Å². The average Bonchev–Trinajstić information content (AvgIpc) is 2.42. The zero-order chi connectivity index (χ0) is 13.7. The lowest BCUT2D eigenvalue weighted by Crippen LogP contribution is -1.95. The number of terminal acetylenes is 1. The third-order valence-corrected chi connectivity index (χ3v) is 2.67. The van der Waals surface area contributed by atoms with Gasteiger partial charge in [0.25, 0.3) is 0 Å². The van der Waals surface area contributed by atoms with Crippen LogP contribution < -0.4 is 0 Å².